The zero-order valence-corrected chi connectivity index (χ0v) is 92.6. The Morgan fingerprint density at radius 2 is 0.800 bits per heavy atom. The van der Waals surface area contributed by atoms with Gasteiger partial charge in [-0.25, -0.2) is 0 Å². The van der Waals surface area contributed by atoms with E-state index in [0.29, 0.717) is 0 Å². The molecule has 21 rings (SSSR count). The molecule has 11 heterocycles. The molecule has 0 N–H and O–H groups in total. The van der Waals surface area contributed by atoms with E-state index in [-0.39, 0.29) is 0 Å². The van der Waals surface area contributed by atoms with E-state index >= 15 is 0 Å². The highest BCUT2D eigenvalue weighted by molar-refractivity contribution is 7.19. The SMILES string of the molecule is Cc1c(C)n(C)c2ccccc12.Cc1cc2ccccc2cc1C.Cc1ccc2ccccc2c1C.Cc1ccccc1-c1ccccc1C.Cc1ccccc1C.Cc1cccnc1C.Cc1ccn(C)c1C.Cc1ccoc1C.Cc1ccsc1C.Cc1cn(C)cc1C.Cc1cn(C)nc1C.Cc1cocc1C.Cc1cscc1C.Cc1oc2ccccc2c1C.Cc1sc2ccccc2c1C. The highest BCUT2D eigenvalue weighted by atomic mass is 32.1. The molecule has 0 spiro atoms. The molecule has 140 heavy (non-hydrogen) atoms. The highest BCUT2D eigenvalue weighted by Gasteiger charge is 2.09. The summed E-state index contributed by atoms with van der Waals surface area (Å²) in [6, 6.07) is 86.6. The van der Waals surface area contributed by atoms with Crippen molar-refractivity contribution in [3.8, 4) is 11.1 Å². The molecule has 10 aromatic carbocycles. The lowest BCUT2D eigenvalue weighted by atomic mass is 9.97. The Kier molecular flexibility index (Phi) is 46.5. The van der Waals surface area contributed by atoms with Crippen LogP contribution in [0.5, 0.6) is 0 Å². The third-order valence-electron chi connectivity index (χ3n) is 25.8. The lowest BCUT2D eigenvalue weighted by molar-refractivity contribution is 0.532. The minimum atomic E-state index is 0.988. The number of aryl methyl sites for hydroxylation is 32. The number of hydrogen-bond donors (Lipinski definition) is 0. The van der Waals surface area contributed by atoms with Crippen LogP contribution in [0.3, 0.4) is 0 Å². The van der Waals surface area contributed by atoms with Crippen LogP contribution in [0.4, 0.5) is 0 Å². The van der Waals surface area contributed by atoms with Crippen molar-refractivity contribution < 1.29 is 13.3 Å². The zero-order chi connectivity index (χ0) is 103. The summed E-state index contributed by atoms with van der Waals surface area (Å²) < 4.78 is 25.0. The number of furan rings is 3. The molecule has 0 radical (unpaired) electrons. The van der Waals surface area contributed by atoms with Crippen LogP contribution in [0.1, 0.15) is 166 Å². The average molecular weight is 1920 g/mol. The Morgan fingerprint density at radius 3 is 1.16 bits per heavy atom. The summed E-state index contributed by atoms with van der Waals surface area (Å²) in [7, 11) is 8.15. The van der Waals surface area contributed by atoms with E-state index in [1.807, 2.05) is 121 Å². The fourth-order valence-corrected chi connectivity index (χ4v) is 17.0. The lowest BCUT2D eigenvalue weighted by Crippen LogP contribution is -1.89. The summed E-state index contributed by atoms with van der Waals surface area (Å²) in [5, 5.41) is 20.0. The Balaban J connectivity index is 0.000000205. The zero-order valence-electron chi connectivity index (χ0n) is 90.2. The second-order valence-electron chi connectivity index (χ2n) is 36.3. The van der Waals surface area contributed by atoms with E-state index in [2.05, 4.69) is 450 Å². The second kappa shape index (κ2) is 57.3. The van der Waals surface area contributed by atoms with Gasteiger partial charge in [0.05, 0.1) is 24.5 Å². The van der Waals surface area contributed by atoms with Gasteiger partial charge >= 0.3 is 0 Å². The normalized spacial score (nSPS) is 10.1. The number of fused-ring (bicyclic) bond motifs is 5. The van der Waals surface area contributed by atoms with Gasteiger partial charge in [0.1, 0.15) is 17.1 Å². The molecule has 0 bridgehead atoms. The Labute approximate surface area is 851 Å². The second-order valence-corrected chi connectivity index (χ2v) is 39.4. The van der Waals surface area contributed by atoms with E-state index in [4.69, 9.17) is 13.3 Å². The smallest absolute Gasteiger partial charge is 0.134 e. The van der Waals surface area contributed by atoms with Crippen LogP contribution in [-0.2, 0) is 28.2 Å². The topological polar surface area (TPSA) is 84.9 Å². The van der Waals surface area contributed by atoms with Crippen molar-refractivity contribution >= 4 is 87.5 Å². The van der Waals surface area contributed by atoms with Gasteiger partial charge in [-0.05, 0) is 427 Å². The maximum absolute atomic E-state index is 5.50. The molecule has 0 unspecified atom stereocenters. The van der Waals surface area contributed by atoms with E-state index in [0.717, 1.165) is 28.5 Å². The van der Waals surface area contributed by atoms with Crippen LogP contribution in [0.2, 0.25) is 0 Å². The van der Waals surface area contributed by atoms with E-state index in [1.165, 1.54) is 203 Å². The Hall–Kier alpha value is -13.4. The van der Waals surface area contributed by atoms with Crippen molar-refractivity contribution in [3.63, 3.8) is 0 Å². The minimum Gasteiger partial charge on any atom is -0.472 e. The van der Waals surface area contributed by atoms with Gasteiger partial charge in [-0.15, -0.1) is 22.7 Å². The molecule has 0 saturated heterocycles. The summed E-state index contributed by atoms with van der Waals surface area (Å²) >= 11 is 5.45. The molecule has 0 saturated carbocycles. The largest absolute Gasteiger partial charge is 0.472 e. The Bertz CT molecular complexity index is 6710. The van der Waals surface area contributed by atoms with Crippen LogP contribution >= 0.6 is 34.0 Å². The van der Waals surface area contributed by atoms with Gasteiger partial charge in [-0.1, -0.05) is 206 Å². The van der Waals surface area contributed by atoms with Crippen LogP contribution in [0.25, 0.3) is 64.6 Å². The summed E-state index contributed by atoms with van der Waals surface area (Å²) in [5.74, 6) is 2.03. The Morgan fingerprint density at radius 1 is 0.307 bits per heavy atom. The highest BCUT2D eigenvalue weighted by Crippen LogP contribution is 2.31. The predicted octanol–water partition coefficient (Wildman–Crippen LogP) is 37.1. The van der Waals surface area contributed by atoms with Gasteiger partial charge in [-0.2, -0.15) is 16.4 Å². The first-order chi connectivity index (χ1) is 66.6. The van der Waals surface area contributed by atoms with Crippen molar-refractivity contribution in [3.05, 3.63) is 481 Å². The molecule has 0 aliphatic heterocycles. The summed E-state index contributed by atoms with van der Waals surface area (Å²) in [4.78, 5) is 6.95. The van der Waals surface area contributed by atoms with Gasteiger partial charge in [0.15, 0.2) is 0 Å². The third-order valence-corrected chi connectivity index (χ3v) is 28.9. The number of aromatic nitrogens is 6. The summed E-state index contributed by atoms with van der Waals surface area (Å²) in [6.45, 7) is 63.2. The molecule has 12 heteroatoms. The maximum atomic E-state index is 5.50. The fourth-order valence-electron chi connectivity index (χ4n) is 14.3. The molecule has 21 aromatic rings. The van der Waals surface area contributed by atoms with Crippen molar-refractivity contribution in [2.24, 2.45) is 28.2 Å². The number of rotatable bonds is 1. The minimum absolute atomic E-state index is 0.988. The van der Waals surface area contributed by atoms with E-state index in [1.54, 1.807) is 41.5 Å². The van der Waals surface area contributed by atoms with Crippen molar-refractivity contribution in [1.82, 2.24) is 28.5 Å². The number of para-hydroxylation sites is 2. The van der Waals surface area contributed by atoms with Gasteiger partial charge in [0, 0.05) is 107 Å². The molecule has 0 aliphatic carbocycles. The monoisotopic (exact) mass is 1920 g/mol. The fraction of sp³-hybridized carbons (Fsp3) is 0.266. The predicted molar refractivity (Wildman–Crippen MR) is 614 cm³/mol. The van der Waals surface area contributed by atoms with Crippen LogP contribution in [-0.4, -0.2) is 28.5 Å². The maximum Gasteiger partial charge on any atom is 0.134 e. The first-order valence-electron chi connectivity index (χ1n) is 48.1. The molecule has 732 valence electrons. The number of nitrogens with zero attached hydrogens (tertiary/aromatic N) is 6. The van der Waals surface area contributed by atoms with Crippen LogP contribution in [0, 0.1) is 208 Å². The molecule has 0 atom stereocenters. The van der Waals surface area contributed by atoms with Gasteiger partial charge in [-0.3, -0.25) is 9.67 Å². The first kappa shape index (κ1) is 114. The molecule has 11 aromatic heterocycles. The van der Waals surface area contributed by atoms with Gasteiger partial charge < -0.3 is 27.0 Å². The molecular formula is C128H154N6O3S3. The lowest BCUT2D eigenvalue weighted by Gasteiger charge is -2.08. The number of hydrogen-bond acceptors (Lipinski definition) is 8. The standard InChI is InChI=1S/C14H14.2C12H12.C11H13N.C10H10O.C10H10S.C8H10.2C7H11N.C7H9N.C6H10N2.2C6H8O.2C6H8S/c1-11-7-3-5-9-13(11)14-10-6-4-8-12(14)2;1-9-7-11-5-3-4-6-12(11)8-10(9)2;1-9-7-8-11-5-3-4-6-12(11)10(9)2;1-8-9(2)12(3)11-7-5-4-6-10(8)11;2*1-7-8(2)11-10-6-4-3-5-9(7)10;1-7-5-3-4-6-8(7)2;1-6-4-8(3)5-7(6)2;1-6-4-5-8(3)7(6)2;1-6-4-3-5-8-7(6)2;1-5-4-8(3)7-6(5)2;1-5-3-7-4-6(5)2;1-5-3-4-7-6(5)2;1-5-3-7-4-6(5)2;1-5-3-4-7-6(5)2/h3-10H,1-2H3;2*3-8H,1-2H3;4-7H,1-3H3;2*3-6H,1-2H3;3-6H,1-2H3;2*4-5H,1-3H3;3-5H,1-2H3;4H,1-3H3;4*3-4H,1-2H3. The molecule has 0 amide bonds. The average Bonchev–Trinajstić information content (AvgIpc) is 1.59. The summed E-state index contributed by atoms with van der Waals surface area (Å²) in [6.07, 6.45) is 15.3. The van der Waals surface area contributed by atoms with E-state index < -0.39 is 0 Å². The first-order valence-corrected chi connectivity index (χ1v) is 50.7. The third kappa shape index (κ3) is 35.5. The van der Waals surface area contributed by atoms with Crippen LogP contribution < -0.4 is 0 Å². The molecular weight excluding hydrogens is 1770 g/mol. The quantitative estimate of drug-likeness (QED) is 0.163. The van der Waals surface area contributed by atoms with Crippen molar-refractivity contribution in [2.75, 3.05) is 0 Å². The molecule has 0 fully saturated rings. The van der Waals surface area contributed by atoms with Crippen LogP contribution in [0.15, 0.2) is 328 Å². The van der Waals surface area contributed by atoms with Crippen molar-refractivity contribution in [1.29, 1.82) is 0 Å². The number of thiophene rings is 3. The van der Waals surface area contributed by atoms with E-state index in [9.17, 15) is 0 Å². The van der Waals surface area contributed by atoms with Gasteiger partial charge in [0.25, 0.3) is 0 Å². The summed E-state index contributed by atoms with van der Waals surface area (Å²) in [5.41, 5.74) is 39.4. The molecule has 0 aliphatic rings. The number of pyridine rings is 1. The molecule has 9 nitrogen and oxygen atoms in total. The van der Waals surface area contributed by atoms with Crippen molar-refractivity contribution in [2.45, 2.75) is 208 Å². The number of benzene rings is 10. The van der Waals surface area contributed by atoms with Gasteiger partial charge in [0.2, 0.25) is 0 Å².